The van der Waals surface area contributed by atoms with Gasteiger partial charge < -0.3 is 19.6 Å². The summed E-state index contributed by atoms with van der Waals surface area (Å²) in [6, 6.07) is 10.2. The SMILES string of the molecule is O=C(CN1C(=O)COc2ccc([N+](=O)[O-])cc21)N1CCN(C(=O)c2ccccc2O)CC1. The molecule has 1 saturated heterocycles. The lowest BCUT2D eigenvalue weighted by Gasteiger charge is -2.36. The Morgan fingerprint density at radius 2 is 1.75 bits per heavy atom. The number of aromatic hydroxyl groups is 1. The van der Waals surface area contributed by atoms with Gasteiger partial charge in [0.1, 0.15) is 18.0 Å². The summed E-state index contributed by atoms with van der Waals surface area (Å²) in [4.78, 5) is 52.6. The topological polar surface area (TPSA) is 134 Å². The van der Waals surface area contributed by atoms with Crippen molar-refractivity contribution >= 4 is 29.1 Å². The molecular weight excluding hydrogens is 420 g/mol. The molecule has 166 valence electrons. The van der Waals surface area contributed by atoms with Crippen molar-refractivity contribution in [2.75, 3.05) is 44.2 Å². The van der Waals surface area contributed by atoms with Gasteiger partial charge in [-0.2, -0.15) is 0 Å². The highest BCUT2D eigenvalue weighted by molar-refractivity contribution is 6.02. The monoisotopic (exact) mass is 440 g/mol. The maximum Gasteiger partial charge on any atom is 0.271 e. The Morgan fingerprint density at radius 3 is 2.44 bits per heavy atom. The molecule has 2 aliphatic heterocycles. The van der Waals surface area contributed by atoms with Crippen LogP contribution in [-0.2, 0) is 9.59 Å². The third-order valence-corrected chi connectivity index (χ3v) is 5.44. The number of para-hydroxylation sites is 1. The summed E-state index contributed by atoms with van der Waals surface area (Å²) in [6.07, 6.45) is 0. The number of nitro benzene ring substituents is 1. The number of ether oxygens (including phenoxy) is 1. The van der Waals surface area contributed by atoms with E-state index in [0.29, 0.717) is 5.75 Å². The van der Waals surface area contributed by atoms with E-state index in [0.717, 1.165) is 0 Å². The molecule has 3 amide bonds. The molecule has 2 heterocycles. The molecule has 0 spiro atoms. The maximum atomic E-state index is 12.9. The summed E-state index contributed by atoms with van der Waals surface area (Å²) in [5, 5.41) is 21.0. The van der Waals surface area contributed by atoms with Crippen LogP contribution in [0.2, 0.25) is 0 Å². The van der Waals surface area contributed by atoms with Crippen molar-refractivity contribution in [1.29, 1.82) is 0 Å². The van der Waals surface area contributed by atoms with E-state index in [4.69, 9.17) is 4.74 Å². The molecule has 0 aliphatic carbocycles. The van der Waals surface area contributed by atoms with E-state index >= 15 is 0 Å². The first-order valence-corrected chi connectivity index (χ1v) is 9.92. The number of hydrogen-bond acceptors (Lipinski definition) is 7. The van der Waals surface area contributed by atoms with Gasteiger partial charge in [0.2, 0.25) is 5.91 Å². The molecule has 32 heavy (non-hydrogen) atoms. The predicted octanol–water partition coefficient (Wildman–Crippen LogP) is 1.01. The Bertz CT molecular complexity index is 1100. The van der Waals surface area contributed by atoms with Crippen LogP contribution in [0.5, 0.6) is 11.5 Å². The Hall–Kier alpha value is -4.15. The van der Waals surface area contributed by atoms with Gasteiger partial charge >= 0.3 is 0 Å². The number of benzene rings is 2. The predicted molar refractivity (Wildman–Crippen MR) is 112 cm³/mol. The molecule has 0 saturated carbocycles. The Balaban J connectivity index is 1.42. The van der Waals surface area contributed by atoms with Gasteiger partial charge in [-0.1, -0.05) is 12.1 Å². The number of anilines is 1. The van der Waals surface area contributed by atoms with Gasteiger partial charge in [-0.15, -0.1) is 0 Å². The van der Waals surface area contributed by atoms with Crippen molar-refractivity contribution in [2.24, 2.45) is 0 Å². The second-order valence-corrected chi connectivity index (χ2v) is 7.37. The van der Waals surface area contributed by atoms with Crippen molar-refractivity contribution in [3.05, 3.63) is 58.1 Å². The molecule has 0 unspecified atom stereocenters. The fourth-order valence-corrected chi connectivity index (χ4v) is 3.70. The number of rotatable bonds is 4. The summed E-state index contributed by atoms with van der Waals surface area (Å²) in [6.45, 7) is 0.526. The van der Waals surface area contributed by atoms with Gasteiger partial charge in [0.05, 0.1) is 16.2 Å². The highest BCUT2D eigenvalue weighted by Crippen LogP contribution is 2.35. The van der Waals surface area contributed by atoms with Crippen molar-refractivity contribution in [2.45, 2.75) is 0 Å². The molecule has 11 nitrogen and oxygen atoms in total. The van der Waals surface area contributed by atoms with Gasteiger partial charge in [0.25, 0.3) is 17.5 Å². The van der Waals surface area contributed by atoms with E-state index < -0.39 is 10.8 Å². The van der Waals surface area contributed by atoms with Gasteiger partial charge in [-0.3, -0.25) is 29.4 Å². The first-order valence-electron chi connectivity index (χ1n) is 9.92. The van der Waals surface area contributed by atoms with E-state index in [2.05, 4.69) is 0 Å². The van der Waals surface area contributed by atoms with Crippen LogP contribution >= 0.6 is 0 Å². The maximum absolute atomic E-state index is 12.9. The number of carbonyl (C=O) groups is 3. The van der Waals surface area contributed by atoms with E-state index in [1.165, 1.54) is 40.1 Å². The normalized spacial score (nSPS) is 15.8. The number of hydrogen-bond donors (Lipinski definition) is 1. The largest absolute Gasteiger partial charge is 0.507 e. The fourth-order valence-electron chi connectivity index (χ4n) is 3.70. The first kappa shape index (κ1) is 21.1. The van der Waals surface area contributed by atoms with Crippen LogP contribution in [0.3, 0.4) is 0 Å². The summed E-state index contributed by atoms with van der Waals surface area (Å²) in [5.74, 6) is -0.942. The standard InChI is InChI=1S/C21H20N4O7/c26-17-4-2-1-3-15(17)21(29)23-9-7-22(8-10-23)19(27)12-24-16-11-14(25(30)31)5-6-18(16)32-13-20(24)28/h1-6,11,26H,7-10,12-13H2. The number of fused-ring (bicyclic) bond motifs is 1. The van der Waals surface area contributed by atoms with Crippen molar-refractivity contribution in [1.82, 2.24) is 9.80 Å². The number of nitrogens with zero attached hydrogens (tertiary/aromatic N) is 4. The van der Waals surface area contributed by atoms with Crippen LogP contribution in [0.4, 0.5) is 11.4 Å². The number of nitro groups is 1. The van der Waals surface area contributed by atoms with Crippen LogP contribution in [0.15, 0.2) is 42.5 Å². The number of phenols is 1. The molecular formula is C21H20N4O7. The number of phenolic OH excluding ortho intramolecular Hbond substituents is 1. The molecule has 0 aromatic heterocycles. The minimum Gasteiger partial charge on any atom is -0.507 e. The molecule has 0 atom stereocenters. The van der Waals surface area contributed by atoms with Gasteiger partial charge in [0.15, 0.2) is 6.61 Å². The Labute approximate surface area is 182 Å². The molecule has 1 N–H and O–H groups in total. The highest BCUT2D eigenvalue weighted by Gasteiger charge is 2.32. The van der Waals surface area contributed by atoms with E-state index in [9.17, 15) is 29.6 Å². The van der Waals surface area contributed by atoms with Crippen molar-refractivity contribution in [3.8, 4) is 11.5 Å². The minimum atomic E-state index is -0.583. The zero-order valence-electron chi connectivity index (χ0n) is 17.0. The molecule has 1 fully saturated rings. The summed E-state index contributed by atoms with van der Waals surface area (Å²) in [7, 11) is 0. The average molecular weight is 440 g/mol. The molecule has 2 aromatic carbocycles. The zero-order chi connectivity index (χ0) is 22.8. The summed E-state index contributed by atoms with van der Waals surface area (Å²) in [5.41, 5.74) is 0.164. The molecule has 2 aliphatic rings. The summed E-state index contributed by atoms with van der Waals surface area (Å²) < 4.78 is 5.32. The number of non-ortho nitro benzene ring substituents is 1. The zero-order valence-corrected chi connectivity index (χ0v) is 17.0. The lowest BCUT2D eigenvalue weighted by molar-refractivity contribution is -0.384. The molecule has 4 rings (SSSR count). The number of amides is 3. The van der Waals surface area contributed by atoms with Crippen LogP contribution in [0.25, 0.3) is 0 Å². The van der Waals surface area contributed by atoms with Crippen LogP contribution in [0, 0.1) is 10.1 Å². The average Bonchev–Trinajstić information content (AvgIpc) is 2.80. The smallest absolute Gasteiger partial charge is 0.271 e. The van der Waals surface area contributed by atoms with E-state index in [-0.39, 0.29) is 73.8 Å². The Kier molecular flexibility index (Phi) is 5.63. The Morgan fingerprint density at radius 1 is 1.06 bits per heavy atom. The summed E-state index contributed by atoms with van der Waals surface area (Å²) >= 11 is 0. The first-order chi connectivity index (χ1) is 15.3. The molecule has 0 radical (unpaired) electrons. The van der Waals surface area contributed by atoms with E-state index in [1.807, 2.05) is 0 Å². The number of carbonyl (C=O) groups excluding carboxylic acids is 3. The van der Waals surface area contributed by atoms with Crippen LogP contribution in [0.1, 0.15) is 10.4 Å². The second-order valence-electron chi connectivity index (χ2n) is 7.37. The highest BCUT2D eigenvalue weighted by atomic mass is 16.6. The van der Waals surface area contributed by atoms with Crippen molar-refractivity contribution in [3.63, 3.8) is 0 Å². The van der Waals surface area contributed by atoms with E-state index in [1.54, 1.807) is 17.0 Å². The number of piperazine rings is 1. The fraction of sp³-hybridized carbons (Fsp3) is 0.286. The third-order valence-electron chi connectivity index (χ3n) is 5.44. The van der Waals surface area contributed by atoms with Gasteiger partial charge in [0, 0.05) is 38.3 Å². The lowest BCUT2D eigenvalue weighted by Crippen LogP contribution is -2.53. The van der Waals surface area contributed by atoms with Gasteiger partial charge in [-0.25, -0.2) is 0 Å². The van der Waals surface area contributed by atoms with Crippen LogP contribution in [-0.4, -0.2) is 76.9 Å². The third kappa shape index (κ3) is 4.04. The van der Waals surface area contributed by atoms with Crippen molar-refractivity contribution < 1.29 is 29.2 Å². The molecule has 2 aromatic rings. The molecule has 0 bridgehead atoms. The minimum absolute atomic E-state index is 0.102. The van der Waals surface area contributed by atoms with Crippen LogP contribution < -0.4 is 9.64 Å². The van der Waals surface area contributed by atoms with Gasteiger partial charge in [-0.05, 0) is 18.2 Å². The second kappa shape index (κ2) is 8.53. The molecule has 11 heteroatoms. The lowest BCUT2D eigenvalue weighted by atomic mass is 10.1. The quantitative estimate of drug-likeness (QED) is 0.554.